The van der Waals surface area contributed by atoms with Crippen molar-refractivity contribution in [3.63, 3.8) is 0 Å². The van der Waals surface area contributed by atoms with E-state index in [9.17, 15) is 9.90 Å². The number of hydrogen-bond donors (Lipinski definition) is 1. The van der Waals surface area contributed by atoms with Gasteiger partial charge in [0.15, 0.2) is 0 Å². The van der Waals surface area contributed by atoms with Gasteiger partial charge in [-0.05, 0) is 29.9 Å². The molecule has 3 rings (SSSR count). The van der Waals surface area contributed by atoms with E-state index in [0.29, 0.717) is 33.9 Å². The van der Waals surface area contributed by atoms with Gasteiger partial charge in [-0.2, -0.15) is 0 Å². The lowest BCUT2D eigenvalue weighted by Gasteiger charge is -2.36. The Labute approximate surface area is 183 Å². The number of carbonyl (C=O) groups is 1. The summed E-state index contributed by atoms with van der Waals surface area (Å²) in [6.07, 6.45) is 1.32. The molecule has 1 heterocycles. The molecule has 1 N–H and O–H groups in total. The summed E-state index contributed by atoms with van der Waals surface area (Å²) < 4.78 is 10.8. The summed E-state index contributed by atoms with van der Waals surface area (Å²) in [5.41, 5.74) is 1.32. The Kier molecular flexibility index (Phi) is 7.14. The van der Waals surface area contributed by atoms with Crippen molar-refractivity contribution in [1.82, 2.24) is 4.90 Å². The highest BCUT2D eigenvalue weighted by Crippen LogP contribution is 2.44. The average molecular weight is 432 g/mol. The molecule has 0 aromatic heterocycles. The van der Waals surface area contributed by atoms with Gasteiger partial charge in [-0.15, -0.1) is 0 Å². The first-order valence-electron chi connectivity index (χ1n) is 10.3. The zero-order chi connectivity index (χ0) is 21.8. The third-order valence-corrected chi connectivity index (χ3v) is 6.12. The molecule has 3 atom stereocenters. The molecule has 6 heteroatoms. The fraction of sp³-hybridized carbons (Fsp3) is 0.458. The third kappa shape index (κ3) is 4.84. The van der Waals surface area contributed by atoms with Crippen LogP contribution in [0.3, 0.4) is 0 Å². The standard InChI is InChI=1S/C24H30ClNO4/c1-15-9-16(2)14-26(13-15)23(28)12-19(18-7-5-6-8-20(18)25)24-21(27)10-17(29-3)11-22(24)30-4/h5-8,10-11,15-16,19,27H,9,12-14H2,1-4H3. The number of halogens is 1. The van der Waals surface area contributed by atoms with Crippen molar-refractivity contribution in [3.05, 3.63) is 52.5 Å². The Hall–Kier alpha value is -2.40. The summed E-state index contributed by atoms with van der Waals surface area (Å²) in [6, 6.07) is 10.7. The maximum Gasteiger partial charge on any atom is 0.223 e. The number of piperidine rings is 1. The minimum Gasteiger partial charge on any atom is -0.507 e. The number of methoxy groups -OCH3 is 2. The number of phenolic OH excluding ortho intramolecular Hbond substituents is 1. The van der Waals surface area contributed by atoms with Crippen LogP contribution in [-0.4, -0.2) is 43.2 Å². The molecule has 3 unspecified atom stereocenters. The molecule has 0 spiro atoms. The maximum absolute atomic E-state index is 13.3. The fourth-order valence-corrected chi connectivity index (χ4v) is 4.79. The minimum atomic E-state index is -0.445. The van der Waals surface area contributed by atoms with Crippen molar-refractivity contribution in [2.45, 2.75) is 32.6 Å². The van der Waals surface area contributed by atoms with Crippen molar-refractivity contribution in [2.24, 2.45) is 11.8 Å². The molecule has 1 aliphatic rings. The van der Waals surface area contributed by atoms with Crippen LogP contribution in [0.15, 0.2) is 36.4 Å². The molecule has 1 aliphatic heterocycles. The van der Waals surface area contributed by atoms with Gasteiger partial charge in [0.05, 0.1) is 14.2 Å². The molecule has 2 aromatic carbocycles. The summed E-state index contributed by atoms with van der Waals surface area (Å²) in [5.74, 6) is 1.52. The van der Waals surface area contributed by atoms with Gasteiger partial charge in [0.25, 0.3) is 0 Å². The number of ether oxygens (including phenoxy) is 2. The molecule has 0 radical (unpaired) electrons. The Morgan fingerprint density at radius 1 is 1.17 bits per heavy atom. The molecular weight excluding hydrogens is 402 g/mol. The van der Waals surface area contributed by atoms with E-state index in [0.717, 1.165) is 25.1 Å². The van der Waals surface area contributed by atoms with Gasteiger partial charge in [-0.25, -0.2) is 0 Å². The lowest BCUT2D eigenvalue weighted by atomic mass is 9.85. The second kappa shape index (κ2) is 9.61. The third-order valence-electron chi connectivity index (χ3n) is 5.78. The predicted molar refractivity (Wildman–Crippen MR) is 119 cm³/mol. The maximum atomic E-state index is 13.3. The Balaban J connectivity index is 2.03. The van der Waals surface area contributed by atoms with E-state index in [-0.39, 0.29) is 18.1 Å². The van der Waals surface area contributed by atoms with Gasteiger partial charge in [-0.3, -0.25) is 4.79 Å². The van der Waals surface area contributed by atoms with Crippen molar-refractivity contribution < 1.29 is 19.4 Å². The molecule has 0 bridgehead atoms. The molecule has 162 valence electrons. The summed E-state index contributed by atoms with van der Waals surface area (Å²) in [7, 11) is 3.07. The van der Waals surface area contributed by atoms with Gasteiger partial charge in [-0.1, -0.05) is 43.6 Å². The van der Waals surface area contributed by atoms with E-state index in [4.69, 9.17) is 21.1 Å². The molecular formula is C24H30ClNO4. The van der Waals surface area contributed by atoms with E-state index in [1.54, 1.807) is 12.1 Å². The lowest BCUT2D eigenvalue weighted by molar-refractivity contribution is -0.134. The monoisotopic (exact) mass is 431 g/mol. The first kappa shape index (κ1) is 22.3. The van der Waals surface area contributed by atoms with Crippen molar-refractivity contribution >= 4 is 17.5 Å². The Bertz CT molecular complexity index is 891. The summed E-state index contributed by atoms with van der Waals surface area (Å²) >= 11 is 6.52. The second-order valence-corrected chi connectivity index (χ2v) is 8.69. The molecule has 1 fully saturated rings. The van der Waals surface area contributed by atoms with Crippen LogP contribution < -0.4 is 9.47 Å². The number of rotatable bonds is 6. The van der Waals surface area contributed by atoms with Crippen molar-refractivity contribution in [2.75, 3.05) is 27.3 Å². The highest BCUT2D eigenvalue weighted by molar-refractivity contribution is 6.31. The number of carbonyl (C=O) groups excluding carboxylic acids is 1. The fourth-order valence-electron chi connectivity index (χ4n) is 4.52. The van der Waals surface area contributed by atoms with Crippen molar-refractivity contribution in [1.29, 1.82) is 0 Å². The molecule has 0 saturated carbocycles. The van der Waals surface area contributed by atoms with Crippen LogP contribution in [0.25, 0.3) is 0 Å². The zero-order valence-electron chi connectivity index (χ0n) is 18.0. The van der Waals surface area contributed by atoms with Crippen LogP contribution in [0.5, 0.6) is 17.2 Å². The van der Waals surface area contributed by atoms with Gasteiger partial charge < -0.3 is 19.5 Å². The first-order valence-corrected chi connectivity index (χ1v) is 10.7. The van der Waals surface area contributed by atoms with Crippen molar-refractivity contribution in [3.8, 4) is 17.2 Å². The average Bonchev–Trinajstić information content (AvgIpc) is 2.71. The normalized spacial score (nSPS) is 20.0. The van der Waals surface area contributed by atoms with Gasteiger partial charge in [0.2, 0.25) is 5.91 Å². The minimum absolute atomic E-state index is 0.0179. The number of aromatic hydroxyl groups is 1. The number of amides is 1. The molecule has 30 heavy (non-hydrogen) atoms. The molecule has 5 nitrogen and oxygen atoms in total. The van der Waals surface area contributed by atoms with Crippen LogP contribution in [0, 0.1) is 11.8 Å². The molecule has 1 amide bonds. The quantitative estimate of drug-likeness (QED) is 0.692. The van der Waals surface area contributed by atoms with Gasteiger partial charge >= 0.3 is 0 Å². The highest BCUT2D eigenvalue weighted by Gasteiger charge is 2.31. The summed E-state index contributed by atoms with van der Waals surface area (Å²) in [6.45, 7) is 5.87. The number of benzene rings is 2. The summed E-state index contributed by atoms with van der Waals surface area (Å²) in [5, 5.41) is 11.4. The van der Waals surface area contributed by atoms with E-state index >= 15 is 0 Å². The highest BCUT2D eigenvalue weighted by atomic mass is 35.5. The van der Waals surface area contributed by atoms with Gasteiger partial charge in [0.1, 0.15) is 17.2 Å². The van der Waals surface area contributed by atoms with Crippen LogP contribution in [0.4, 0.5) is 0 Å². The first-order chi connectivity index (χ1) is 14.3. The number of hydrogen-bond acceptors (Lipinski definition) is 4. The SMILES string of the molecule is COc1cc(O)c(C(CC(=O)N2CC(C)CC(C)C2)c2ccccc2Cl)c(OC)c1. The predicted octanol–water partition coefficient (Wildman–Crippen LogP) is 5.09. The van der Waals surface area contributed by atoms with E-state index in [1.165, 1.54) is 20.3 Å². The van der Waals surface area contributed by atoms with Crippen LogP contribution in [0.1, 0.15) is 43.7 Å². The van der Waals surface area contributed by atoms with Crippen LogP contribution >= 0.6 is 11.6 Å². The number of phenols is 1. The zero-order valence-corrected chi connectivity index (χ0v) is 18.8. The molecule has 0 aliphatic carbocycles. The van der Waals surface area contributed by atoms with Crippen LogP contribution in [0.2, 0.25) is 5.02 Å². The topological polar surface area (TPSA) is 59.0 Å². The van der Waals surface area contributed by atoms with E-state index in [1.807, 2.05) is 23.1 Å². The smallest absolute Gasteiger partial charge is 0.223 e. The Morgan fingerprint density at radius 2 is 1.83 bits per heavy atom. The van der Waals surface area contributed by atoms with Crippen LogP contribution in [-0.2, 0) is 4.79 Å². The summed E-state index contributed by atoms with van der Waals surface area (Å²) in [4.78, 5) is 15.3. The molecule has 2 aromatic rings. The van der Waals surface area contributed by atoms with E-state index in [2.05, 4.69) is 13.8 Å². The van der Waals surface area contributed by atoms with Gasteiger partial charge in [0, 0.05) is 48.1 Å². The lowest BCUT2D eigenvalue weighted by Crippen LogP contribution is -2.43. The Morgan fingerprint density at radius 3 is 2.43 bits per heavy atom. The number of likely N-dealkylation sites (tertiary alicyclic amines) is 1. The number of nitrogens with zero attached hydrogens (tertiary/aromatic N) is 1. The largest absolute Gasteiger partial charge is 0.507 e. The second-order valence-electron chi connectivity index (χ2n) is 8.29. The molecule has 1 saturated heterocycles. The van der Waals surface area contributed by atoms with E-state index < -0.39 is 5.92 Å².